The molecule has 2 saturated heterocycles. The second-order valence-corrected chi connectivity index (χ2v) is 19.6. The molecule has 3 unspecified atom stereocenters. The first-order chi connectivity index (χ1) is 25.3. The molecule has 0 aromatic carbocycles. The molecule has 8 heteroatoms. The van der Waals surface area contributed by atoms with Gasteiger partial charge in [0.1, 0.15) is 5.60 Å². The van der Waals surface area contributed by atoms with E-state index >= 15 is 0 Å². The van der Waals surface area contributed by atoms with Crippen LogP contribution in [0.2, 0.25) is 0 Å². The Morgan fingerprint density at radius 3 is 1.50 bits per heavy atom. The van der Waals surface area contributed by atoms with Gasteiger partial charge in [0.25, 0.3) is 0 Å². The normalized spacial score (nSPS) is 25.7. The molecular formula is C46H88N2O6. The van der Waals surface area contributed by atoms with Crippen molar-refractivity contribution in [2.45, 2.75) is 235 Å². The van der Waals surface area contributed by atoms with Gasteiger partial charge in [0, 0.05) is 42.4 Å². The Kier molecular flexibility index (Phi) is 20.0. The lowest BCUT2D eigenvalue weighted by Crippen LogP contribution is -2.69. The Hall–Kier alpha value is -1.22. The first kappa shape index (κ1) is 48.9. The molecule has 0 amide bonds. The van der Waals surface area contributed by atoms with E-state index in [1.54, 1.807) is 0 Å². The van der Waals surface area contributed by atoms with Crippen molar-refractivity contribution in [2.75, 3.05) is 26.3 Å². The number of carbonyl (C=O) groups excluding carboxylic acids is 1. The molecule has 2 aliphatic rings. The molecular weight excluding hydrogens is 677 g/mol. The van der Waals surface area contributed by atoms with E-state index < -0.39 is 11.6 Å². The van der Waals surface area contributed by atoms with E-state index in [2.05, 4.69) is 93.2 Å². The van der Waals surface area contributed by atoms with Crippen molar-refractivity contribution in [2.24, 2.45) is 22.2 Å². The van der Waals surface area contributed by atoms with E-state index in [0.29, 0.717) is 12.8 Å². The minimum Gasteiger partial charge on any atom is -0.481 e. The third-order valence-corrected chi connectivity index (χ3v) is 15.4. The van der Waals surface area contributed by atoms with Gasteiger partial charge < -0.3 is 9.84 Å². The fraction of sp³-hybridized carbons (Fsp3) is 0.957. The second kappa shape index (κ2) is 22.1. The SMILES string of the molecule is CCCCCCCCON1CCC(C)(OC(=O)C(CCCCCCCC(=O)O)C2(C)CCN(OCCCCCCCC)C(C)(C)C2(C)C)C(C)(C)C1(C)C. The quantitative estimate of drug-likeness (QED) is 0.0653. The van der Waals surface area contributed by atoms with Crippen LogP contribution in [-0.4, -0.2) is 70.2 Å². The number of carboxylic acid groups (broad SMARTS) is 1. The molecule has 8 nitrogen and oxygen atoms in total. The van der Waals surface area contributed by atoms with E-state index in [1.807, 2.05) is 0 Å². The van der Waals surface area contributed by atoms with Crippen molar-refractivity contribution >= 4 is 11.9 Å². The molecule has 0 aromatic rings. The molecule has 1 N–H and O–H groups in total. The van der Waals surface area contributed by atoms with E-state index in [1.165, 1.54) is 64.2 Å². The molecule has 0 aromatic heterocycles. The van der Waals surface area contributed by atoms with Crippen LogP contribution < -0.4 is 0 Å². The Morgan fingerprint density at radius 2 is 1.00 bits per heavy atom. The van der Waals surface area contributed by atoms with Gasteiger partial charge in [-0.25, -0.2) is 0 Å². The summed E-state index contributed by atoms with van der Waals surface area (Å²) in [6, 6.07) is 0. The summed E-state index contributed by atoms with van der Waals surface area (Å²) in [5.41, 5.74) is -2.30. The van der Waals surface area contributed by atoms with Gasteiger partial charge in [-0.1, -0.05) is 138 Å². The summed E-state index contributed by atoms with van der Waals surface area (Å²) in [7, 11) is 0. The maximum absolute atomic E-state index is 15.0. The molecule has 2 aliphatic heterocycles. The number of unbranched alkanes of at least 4 members (excludes halogenated alkanes) is 14. The lowest BCUT2D eigenvalue weighted by atomic mass is 9.49. The number of hydrogen-bond donors (Lipinski definition) is 1. The summed E-state index contributed by atoms with van der Waals surface area (Å²) in [4.78, 5) is 39.0. The number of ether oxygens (including phenoxy) is 1. The number of hydrogen-bond acceptors (Lipinski definition) is 7. The molecule has 2 heterocycles. The largest absolute Gasteiger partial charge is 0.481 e. The van der Waals surface area contributed by atoms with Gasteiger partial charge in [-0.15, -0.1) is 0 Å². The predicted octanol–water partition coefficient (Wildman–Crippen LogP) is 12.3. The van der Waals surface area contributed by atoms with Crippen LogP contribution in [0.15, 0.2) is 0 Å². The second-order valence-electron chi connectivity index (χ2n) is 19.6. The van der Waals surface area contributed by atoms with E-state index in [4.69, 9.17) is 19.5 Å². The summed E-state index contributed by atoms with van der Waals surface area (Å²) in [6.07, 6.45) is 21.9. The fourth-order valence-corrected chi connectivity index (χ4v) is 9.30. The van der Waals surface area contributed by atoms with Gasteiger partial charge in [-0.3, -0.25) is 19.3 Å². The van der Waals surface area contributed by atoms with Crippen LogP contribution in [0.4, 0.5) is 0 Å². The summed E-state index contributed by atoms with van der Waals surface area (Å²) in [5, 5.41) is 13.5. The maximum atomic E-state index is 15.0. The molecule has 2 rings (SSSR count). The highest BCUT2D eigenvalue weighted by Gasteiger charge is 2.63. The average molecular weight is 765 g/mol. The first-order valence-electron chi connectivity index (χ1n) is 22.5. The van der Waals surface area contributed by atoms with Crippen LogP contribution in [-0.2, 0) is 24.0 Å². The predicted molar refractivity (Wildman–Crippen MR) is 223 cm³/mol. The lowest BCUT2D eigenvalue weighted by molar-refractivity contribution is -0.306. The topological polar surface area (TPSA) is 88.5 Å². The Balaban J connectivity index is 2.25. The molecule has 0 bridgehead atoms. The van der Waals surface area contributed by atoms with Crippen molar-refractivity contribution in [1.29, 1.82) is 0 Å². The number of nitrogens with zero attached hydrogens (tertiary/aromatic N) is 2. The van der Waals surface area contributed by atoms with Crippen molar-refractivity contribution < 1.29 is 29.1 Å². The standard InChI is InChI=1S/C46H88N2O6/c1-13-15-17-19-24-28-36-52-47-34-32-45(11,41(3,4)43(47,7)8)38(30-26-22-21-23-27-31-39(49)50)40(51)54-46(12)33-35-48(44(9,10)42(46,5)6)53-37-29-25-20-18-16-14-2/h38H,13-37H2,1-12H3,(H,49,50). The van der Waals surface area contributed by atoms with Crippen LogP contribution >= 0.6 is 0 Å². The zero-order chi connectivity index (χ0) is 40.7. The smallest absolute Gasteiger partial charge is 0.310 e. The lowest BCUT2D eigenvalue weighted by Gasteiger charge is -2.63. The monoisotopic (exact) mass is 765 g/mol. The molecule has 318 valence electrons. The Morgan fingerprint density at radius 1 is 0.574 bits per heavy atom. The number of esters is 1. The number of rotatable bonds is 27. The van der Waals surface area contributed by atoms with Crippen LogP contribution in [0.3, 0.4) is 0 Å². The maximum Gasteiger partial charge on any atom is 0.310 e. The summed E-state index contributed by atoms with van der Waals surface area (Å²) < 4.78 is 6.94. The number of carbonyl (C=O) groups is 2. The van der Waals surface area contributed by atoms with E-state index in [-0.39, 0.29) is 45.6 Å². The van der Waals surface area contributed by atoms with Gasteiger partial charge in [0.2, 0.25) is 0 Å². The highest BCUT2D eigenvalue weighted by atomic mass is 16.7. The summed E-state index contributed by atoms with van der Waals surface area (Å²) >= 11 is 0. The highest BCUT2D eigenvalue weighted by molar-refractivity contribution is 5.74. The third-order valence-electron chi connectivity index (χ3n) is 15.4. The van der Waals surface area contributed by atoms with E-state index in [9.17, 15) is 9.59 Å². The molecule has 0 aliphatic carbocycles. The molecule has 3 atom stereocenters. The molecule has 54 heavy (non-hydrogen) atoms. The number of piperidine rings is 2. The highest BCUT2D eigenvalue weighted by Crippen LogP contribution is 2.60. The van der Waals surface area contributed by atoms with Crippen LogP contribution in [0.5, 0.6) is 0 Å². The van der Waals surface area contributed by atoms with Crippen molar-refractivity contribution in [1.82, 2.24) is 10.1 Å². The van der Waals surface area contributed by atoms with Gasteiger partial charge >= 0.3 is 11.9 Å². The minimum absolute atomic E-state index is 0.0680. The van der Waals surface area contributed by atoms with Crippen molar-refractivity contribution in [3.63, 3.8) is 0 Å². The summed E-state index contributed by atoms with van der Waals surface area (Å²) in [6.45, 7) is 30.2. The fourth-order valence-electron chi connectivity index (χ4n) is 9.30. The van der Waals surface area contributed by atoms with Gasteiger partial charge in [-0.2, -0.15) is 10.1 Å². The van der Waals surface area contributed by atoms with Gasteiger partial charge in [0.05, 0.1) is 19.1 Å². The first-order valence-corrected chi connectivity index (χ1v) is 22.5. The number of carboxylic acids is 1. The van der Waals surface area contributed by atoms with Crippen molar-refractivity contribution in [3.8, 4) is 0 Å². The van der Waals surface area contributed by atoms with Crippen LogP contribution in [0.25, 0.3) is 0 Å². The number of hydroxylamine groups is 4. The number of aliphatic carboxylic acids is 1. The Bertz CT molecular complexity index is 1100. The average Bonchev–Trinajstić information content (AvgIpc) is 3.09. The zero-order valence-corrected chi connectivity index (χ0v) is 37.6. The van der Waals surface area contributed by atoms with Crippen LogP contribution in [0, 0.1) is 22.2 Å². The van der Waals surface area contributed by atoms with Gasteiger partial charge in [0.15, 0.2) is 0 Å². The van der Waals surface area contributed by atoms with E-state index in [0.717, 1.165) is 77.7 Å². The molecule has 0 saturated carbocycles. The van der Waals surface area contributed by atoms with Crippen LogP contribution in [0.1, 0.15) is 218 Å². The molecule has 0 spiro atoms. The third kappa shape index (κ3) is 12.1. The van der Waals surface area contributed by atoms with Gasteiger partial charge in [-0.05, 0) is 77.6 Å². The Labute approximate surface area is 333 Å². The zero-order valence-electron chi connectivity index (χ0n) is 37.6. The minimum atomic E-state index is -0.729. The molecule has 0 radical (unpaired) electrons. The summed E-state index contributed by atoms with van der Waals surface area (Å²) in [5.74, 6) is -1.07. The van der Waals surface area contributed by atoms with Crippen molar-refractivity contribution in [3.05, 3.63) is 0 Å². The molecule has 2 fully saturated rings.